The van der Waals surface area contributed by atoms with Crippen molar-refractivity contribution in [1.29, 1.82) is 0 Å². The lowest BCUT2D eigenvalue weighted by molar-refractivity contribution is -0.146. The Morgan fingerprint density at radius 1 is 1.18 bits per heavy atom. The predicted octanol–water partition coefficient (Wildman–Crippen LogP) is 3.50. The highest BCUT2D eigenvalue weighted by Crippen LogP contribution is 2.33. The minimum absolute atomic E-state index is 0.111. The van der Waals surface area contributed by atoms with Crippen LogP contribution in [0, 0.1) is 6.92 Å². The van der Waals surface area contributed by atoms with Gasteiger partial charge in [0, 0.05) is 37.6 Å². The molecule has 4 aromatic rings. The molecule has 204 valence electrons. The van der Waals surface area contributed by atoms with E-state index in [1.54, 1.807) is 56.4 Å². The third-order valence-electron chi connectivity index (χ3n) is 6.65. The summed E-state index contributed by atoms with van der Waals surface area (Å²) < 4.78 is 8.58. The van der Waals surface area contributed by atoms with Gasteiger partial charge in [-0.1, -0.05) is 23.7 Å². The van der Waals surface area contributed by atoms with Crippen LogP contribution in [0.4, 0.5) is 0 Å². The molecule has 5 rings (SSSR count). The van der Waals surface area contributed by atoms with E-state index in [1.807, 2.05) is 12.1 Å². The smallest absolute Gasteiger partial charge is 0.289 e. The van der Waals surface area contributed by atoms with Crippen molar-refractivity contribution in [1.82, 2.24) is 29.3 Å². The first-order valence-corrected chi connectivity index (χ1v) is 13.7. The maximum absolute atomic E-state index is 13.2. The SMILES string of the molecule is Cc1nc2nn(C)cc2c(=O)n1NC(=O)c1csc(C2CCN(C(=O)C(C)(C)Oc3ccccc3Cl)CC2)n1. The molecule has 0 bridgehead atoms. The highest BCUT2D eigenvalue weighted by molar-refractivity contribution is 7.09. The number of carbonyl (C=O) groups is 2. The maximum atomic E-state index is 13.2. The number of nitrogens with one attached hydrogen (secondary N) is 1. The number of carbonyl (C=O) groups excluding carboxylic acids is 2. The molecule has 1 aliphatic rings. The molecular weight excluding hydrogens is 542 g/mol. The minimum atomic E-state index is -1.08. The summed E-state index contributed by atoms with van der Waals surface area (Å²) in [7, 11) is 1.70. The zero-order valence-electron chi connectivity index (χ0n) is 22.0. The molecule has 0 unspecified atom stereocenters. The van der Waals surface area contributed by atoms with Crippen LogP contribution in [0.25, 0.3) is 11.0 Å². The minimum Gasteiger partial charge on any atom is -0.476 e. The molecule has 1 N–H and O–H groups in total. The molecular formula is C26H28ClN7O4S. The van der Waals surface area contributed by atoms with E-state index in [2.05, 4.69) is 20.5 Å². The van der Waals surface area contributed by atoms with Gasteiger partial charge in [0.2, 0.25) is 0 Å². The van der Waals surface area contributed by atoms with Gasteiger partial charge in [0.15, 0.2) is 11.2 Å². The Kier molecular flexibility index (Phi) is 7.17. The number of hydrogen-bond acceptors (Lipinski definition) is 8. The fraction of sp³-hybridized carbons (Fsp3) is 0.385. The lowest BCUT2D eigenvalue weighted by atomic mass is 9.96. The fourth-order valence-corrected chi connectivity index (χ4v) is 5.75. The Hall–Kier alpha value is -3.77. The van der Waals surface area contributed by atoms with Crippen LogP contribution in [0.3, 0.4) is 0 Å². The molecule has 1 saturated heterocycles. The summed E-state index contributed by atoms with van der Waals surface area (Å²) in [5, 5.41) is 7.42. The highest BCUT2D eigenvalue weighted by Gasteiger charge is 2.37. The van der Waals surface area contributed by atoms with Crippen LogP contribution >= 0.6 is 22.9 Å². The molecule has 39 heavy (non-hydrogen) atoms. The molecule has 0 saturated carbocycles. The van der Waals surface area contributed by atoms with Crippen molar-refractivity contribution in [3.8, 4) is 5.75 Å². The molecule has 0 radical (unpaired) electrons. The third-order valence-corrected chi connectivity index (χ3v) is 7.97. The van der Waals surface area contributed by atoms with Gasteiger partial charge in [-0.05, 0) is 45.7 Å². The van der Waals surface area contributed by atoms with E-state index < -0.39 is 17.1 Å². The van der Waals surface area contributed by atoms with E-state index >= 15 is 0 Å². The molecule has 13 heteroatoms. The van der Waals surface area contributed by atoms with Crippen molar-refractivity contribution in [2.45, 2.75) is 45.1 Å². The summed E-state index contributed by atoms with van der Waals surface area (Å²) >= 11 is 7.61. The molecule has 4 heterocycles. The number of amides is 2. The van der Waals surface area contributed by atoms with Gasteiger partial charge < -0.3 is 9.64 Å². The second-order valence-corrected chi connectivity index (χ2v) is 11.3. The molecule has 0 aliphatic carbocycles. The number of ether oxygens (including phenoxy) is 1. The Morgan fingerprint density at radius 2 is 1.90 bits per heavy atom. The summed E-state index contributed by atoms with van der Waals surface area (Å²) in [5.74, 6) is 0.285. The standard InChI is InChI=1S/C26H28ClN7O4S/c1-15-28-21-17(13-32(4)30-21)24(36)34(15)31-22(35)19-14-39-23(29-19)16-9-11-33(12-10-16)25(37)26(2,3)38-20-8-6-5-7-18(20)27/h5-8,13-14,16H,9-12H2,1-4H3,(H,31,35). The maximum Gasteiger partial charge on any atom is 0.289 e. The van der Waals surface area contributed by atoms with Gasteiger partial charge in [-0.3, -0.25) is 24.5 Å². The number of benzene rings is 1. The Balaban J connectivity index is 1.22. The van der Waals surface area contributed by atoms with Gasteiger partial charge in [0.05, 0.1) is 10.0 Å². The number of thiazole rings is 1. The highest BCUT2D eigenvalue weighted by atomic mass is 35.5. The third kappa shape index (κ3) is 5.39. The van der Waals surface area contributed by atoms with Gasteiger partial charge in [-0.25, -0.2) is 14.6 Å². The second-order valence-electron chi connectivity index (χ2n) is 9.96. The van der Waals surface area contributed by atoms with Crippen molar-refractivity contribution >= 4 is 45.8 Å². The molecule has 0 spiro atoms. The second kappa shape index (κ2) is 10.4. The number of fused-ring (bicyclic) bond motifs is 1. The average Bonchev–Trinajstić information content (AvgIpc) is 3.54. The summed E-state index contributed by atoms with van der Waals surface area (Å²) in [4.78, 5) is 49.7. The van der Waals surface area contributed by atoms with Crippen LogP contribution in [0.1, 0.15) is 53.9 Å². The topological polar surface area (TPSA) is 124 Å². The predicted molar refractivity (Wildman–Crippen MR) is 148 cm³/mol. The number of likely N-dealkylation sites (tertiary alicyclic amines) is 1. The van der Waals surface area contributed by atoms with Gasteiger partial charge >= 0.3 is 0 Å². The zero-order valence-corrected chi connectivity index (χ0v) is 23.5. The summed E-state index contributed by atoms with van der Waals surface area (Å²) in [6.45, 7) is 6.20. The van der Waals surface area contributed by atoms with Crippen LogP contribution in [-0.4, -0.2) is 59.8 Å². The van der Waals surface area contributed by atoms with Crippen molar-refractivity contribution in [3.63, 3.8) is 0 Å². The lowest BCUT2D eigenvalue weighted by Crippen LogP contribution is -2.51. The normalized spacial score (nSPS) is 14.5. The van der Waals surface area contributed by atoms with Crippen LogP contribution < -0.4 is 15.7 Å². The molecule has 11 nitrogen and oxygen atoms in total. The van der Waals surface area contributed by atoms with E-state index in [-0.39, 0.29) is 17.5 Å². The Labute approximate surface area is 233 Å². The van der Waals surface area contributed by atoms with Crippen LogP contribution in [-0.2, 0) is 11.8 Å². The first-order valence-electron chi connectivity index (χ1n) is 12.5. The van der Waals surface area contributed by atoms with E-state index in [0.29, 0.717) is 53.6 Å². The van der Waals surface area contributed by atoms with Gasteiger partial charge in [-0.2, -0.15) is 5.10 Å². The van der Waals surface area contributed by atoms with Crippen molar-refractivity contribution in [2.75, 3.05) is 18.5 Å². The number of piperidine rings is 1. The largest absolute Gasteiger partial charge is 0.476 e. The van der Waals surface area contributed by atoms with Crippen molar-refractivity contribution in [3.05, 3.63) is 67.7 Å². The monoisotopic (exact) mass is 569 g/mol. The lowest BCUT2D eigenvalue weighted by Gasteiger charge is -2.36. The average molecular weight is 570 g/mol. The quantitative estimate of drug-likeness (QED) is 0.377. The number of hydrogen-bond donors (Lipinski definition) is 1. The van der Waals surface area contributed by atoms with E-state index in [4.69, 9.17) is 16.3 Å². The first-order chi connectivity index (χ1) is 18.5. The summed E-state index contributed by atoms with van der Waals surface area (Å²) in [6, 6.07) is 7.08. The number of nitrogens with zero attached hydrogens (tertiary/aromatic N) is 6. The van der Waals surface area contributed by atoms with Gasteiger partial charge in [0.25, 0.3) is 17.4 Å². The summed E-state index contributed by atoms with van der Waals surface area (Å²) in [6.07, 6.45) is 2.99. The van der Waals surface area contributed by atoms with E-state index in [1.165, 1.54) is 16.0 Å². The Morgan fingerprint density at radius 3 is 2.62 bits per heavy atom. The molecule has 0 atom stereocenters. The molecule has 3 aromatic heterocycles. The zero-order chi connectivity index (χ0) is 27.9. The number of halogens is 1. The van der Waals surface area contributed by atoms with Crippen LogP contribution in [0.15, 0.2) is 40.6 Å². The van der Waals surface area contributed by atoms with Crippen molar-refractivity contribution in [2.24, 2.45) is 7.05 Å². The van der Waals surface area contributed by atoms with Crippen LogP contribution in [0.5, 0.6) is 5.75 Å². The number of aryl methyl sites for hydroxylation is 2. The van der Waals surface area contributed by atoms with Crippen molar-refractivity contribution < 1.29 is 14.3 Å². The van der Waals surface area contributed by atoms with E-state index in [0.717, 1.165) is 9.68 Å². The fourth-order valence-electron chi connectivity index (χ4n) is 4.61. The summed E-state index contributed by atoms with van der Waals surface area (Å²) in [5.41, 5.74) is 1.67. The number of rotatable bonds is 6. The van der Waals surface area contributed by atoms with Crippen LogP contribution in [0.2, 0.25) is 5.02 Å². The van der Waals surface area contributed by atoms with Gasteiger partial charge in [-0.15, -0.1) is 11.3 Å². The molecule has 2 amide bonds. The van der Waals surface area contributed by atoms with Gasteiger partial charge in [0.1, 0.15) is 22.7 Å². The molecule has 1 fully saturated rings. The first kappa shape index (κ1) is 26.8. The number of para-hydroxylation sites is 1. The number of aromatic nitrogens is 5. The molecule has 1 aromatic carbocycles. The molecule has 1 aliphatic heterocycles. The van der Waals surface area contributed by atoms with E-state index in [9.17, 15) is 14.4 Å². The Bertz CT molecular complexity index is 1620.